The van der Waals surface area contributed by atoms with Crippen LogP contribution in [0.15, 0.2) is 81.3 Å². The van der Waals surface area contributed by atoms with Crippen LogP contribution in [0.4, 0.5) is 11.4 Å². The first-order valence-corrected chi connectivity index (χ1v) is 13.3. The highest BCUT2D eigenvalue weighted by Crippen LogP contribution is 2.36. The van der Waals surface area contributed by atoms with Crippen molar-refractivity contribution in [2.24, 2.45) is 9.98 Å². The number of amides is 3. The number of para-hydroxylation sites is 1. The van der Waals surface area contributed by atoms with Crippen molar-refractivity contribution in [1.29, 1.82) is 0 Å². The van der Waals surface area contributed by atoms with E-state index in [4.69, 9.17) is 14.1 Å². The van der Waals surface area contributed by atoms with Crippen LogP contribution >= 0.6 is 11.8 Å². The molecule has 1 aromatic heterocycles. The highest BCUT2D eigenvalue weighted by molar-refractivity contribution is 8.15. The molecular formula is C28H27N5O5S. The zero-order valence-electron chi connectivity index (χ0n) is 21.4. The minimum absolute atomic E-state index is 0.118. The Morgan fingerprint density at radius 1 is 1.15 bits per heavy atom. The van der Waals surface area contributed by atoms with Crippen molar-refractivity contribution < 1.29 is 23.5 Å². The van der Waals surface area contributed by atoms with Gasteiger partial charge >= 0.3 is 0 Å². The Balaban J connectivity index is 1.34. The number of aliphatic imine (C=N–C) groups is 2. The molecule has 0 saturated carbocycles. The van der Waals surface area contributed by atoms with E-state index in [0.717, 1.165) is 0 Å². The molecule has 10 nitrogen and oxygen atoms in total. The maximum atomic E-state index is 13.5. The number of benzene rings is 2. The average molecular weight is 546 g/mol. The van der Waals surface area contributed by atoms with E-state index in [2.05, 4.69) is 15.6 Å². The molecule has 0 unspecified atom stereocenters. The van der Waals surface area contributed by atoms with Crippen molar-refractivity contribution in [2.75, 3.05) is 12.4 Å². The molecule has 2 atom stereocenters. The fourth-order valence-electron chi connectivity index (χ4n) is 4.23. The van der Waals surface area contributed by atoms with Crippen molar-refractivity contribution in [3.8, 4) is 5.75 Å². The van der Waals surface area contributed by atoms with Crippen LogP contribution in [0.2, 0.25) is 0 Å². The summed E-state index contributed by atoms with van der Waals surface area (Å²) in [5.74, 6) is 0.766. The molecule has 0 bridgehead atoms. The van der Waals surface area contributed by atoms with Crippen molar-refractivity contribution in [3.05, 3.63) is 78.3 Å². The number of carbonyl (C=O) groups is 3. The van der Waals surface area contributed by atoms with Crippen molar-refractivity contribution in [1.82, 2.24) is 10.2 Å². The molecule has 0 saturated heterocycles. The summed E-state index contributed by atoms with van der Waals surface area (Å²) in [6.45, 7) is 2.12. The molecule has 2 aliphatic rings. The van der Waals surface area contributed by atoms with E-state index in [0.29, 0.717) is 45.9 Å². The number of fused-ring (bicyclic) bond motifs is 3. The molecule has 39 heavy (non-hydrogen) atoms. The third kappa shape index (κ3) is 5.73. The SMILES string of the molecule is CC[C@@H](SC1=Nc2ccccc2C2=N[C@@H](CC(=O)NCc3ccco3)C(=O)N12)C(=O)Nc1cccc(OC)c1. The highest BCUT2D eigenvalue weighted by Gasteiger charge is 2.43. The van der Waals surface area contributed by atoms with Gasteiger partial charge in [0.05, 0.1) is 37.3 Å². The average Bonchev–Trinajstić information content (AvgIpc) is 3.59. The van der Waals surface area contributed by atoms with Gasteiger partial charge in [-0.1, -0.05) is 36.9 Å². The summed E-state index contributed by atoms with van der Waals surface area (Å²) in [7, 11) is 1.56. The van der Waals surface area contributed by atoms with Gasteiger partial charge < -0.3 is 19.8 Å². The fourth-order valence-corrected chi connectivity index (χ4v) is 5.25. The number of ether oxygens (including phenoxy) is 1. The number of methoxy groups -OCH3 is 1. The van der Waals surface area contributed by atoms with Crippen molar-refractivity contribution in [3.63, 3.8) is 0 Å². The van der Waals surface area contributed by atoms with E-state index in [1.165, 1.54) is 22.9 Å². The number of anilines is 1. The van der Waals surface area contributed by atoms with Gasteiger partial charge in [0.1, 0.15) is 23.4 Å². The lowest BCUT2D eigenvalue weighted by Gasteiger charge is -2.27. The molecule has 200 valence electrons. The Kier molecular flexibility index (Phi) is 7.78. The summed E-state index contributed by atoms with van der Waals surface area (Å²) in [4.78, 5) is 50.1. The number of thioether (sulfide) groups is 1. The quantitative estimate of drug-likeness (QED) is 0.417. The number of furan rings is 1. The molecule has 3 amide bonds. The van der Waals surface area contributed by atoms with Gasteiger partial charge in [-0.25, -0.2) is 9.89 Å². The number of nitrogens with zero attached hydrogens (tertiary/aromatic N) is 3. The highest BCUT2D eigenvalue weighted by atomic mass is 32.2. The Morgan fingerprint density at radius 3 is 2.77 bits per heavy atom. The molecule has 2 aromatic carbocycles. The van der Waals surface area contributed by atoms with Gasteiger partial charge in [0.25, 0.3) is 5.91 Å². The maximum absolute atomic E-state index is 13.5. The number of amidine groups is 2. The van der Waals surface area contributed by atoms with E-state index < -0.39 is 11.3 Å². The largest absolute Gasteiger partial charge is 0.497 e. The second-order valence-electron chi connectivity index (χ2n) is 8.85. The lowest BCUT2D eigenvalue weighted by atomic mass is 10.1. The van der Waals surface area contributed by atoms with Crippen molar-refractivity contribution in [2.45, 2.75) is 37.6 Å². The van der Waals surface area contributed by atoms with Crippen molar-refractivity contribution >= 4 is 51.9 Å². The Labute approximate surface area is 229 Å². The molecule has 3 aromatic rings. The van der Waals surface area contributed by atoms with Crippen LogP contribution < -0.4 is 15.4 Å². The van der Waals surface area contributed by atoms with Gasteiger partial charge in [-0.3, -0.25) is 19.4 Å². The Bertz CT molecular complexity index is 1450. The van der Waals surface area contributed by atoms with Gasteiger partial charge in [-0.2, -0.15) is 0 Å². The Morgan fingerprint density at radius 2 is 2.00 bits per heavy atom. The van der Waals surface area contributed by atoms with Gasteiger partial charge in [-0.05, 0) is 42.8 Å². The first kappa shape index (κ1) is 26.2. The predicted octanol–water partition coefficient (Wildman–Crippen LogP) is 4.10. The van der Waals surface area contributed by atoms with E-state index in [9.17, 15) is 14.4 Å². The third-order valence-corrected chi connectivity index (χ3v) is 7.53. The molecule has 5 rings (SSSR count). The summed E-state index contributed by atoms with van der Waals surface area (Å²) in [6, 6.07) is 17.1. The second-order valence-corrected chi connectivity index (χ2v) is 10.0. The molecule has 3 heterocycles. The summed E-state index contributed by atoms with van der Waals surface area (Å²) in [5, 5.41) is 5.49. The lowest BCUT2D eigenvalue weighted by Crippen LogP contribution is -2.43. The molecule has 11 heteroatoms. The van der Waals surface area contributed by atoms with Gasteiger partial charge in [0.2, 0.25) is 11.8 Å². The van der Waals surface area contributed by atoms with Gasteiger partial charge in [-0.15, -0.1) is 0 Å². The monoisotopic (exact) mass is 545 g/mol. The molecule has 0 aliphatic carbocycles. The number of carbonyl (C=O) groups excluding carboxylic acids is 3. The predicted molar refractivity (Wildman–Crippen MR) is 149 cm³/mol. The molecular weight excluding hydrogens is 518 g/mol. The summed E-state index contributed by atoms with van der Waals surface area (Å²) >= 11 is 1.19. The zero-order chi connectivity index (χ0) is 27.4. The van der Waals surface area contributed by atoms with Crippen LogP contribution in [-0.2, 0) is 20.9 Å². The molecule has 2 N–H and O–H groups in total. The third-order valence-electron chi connectivity index (χ3n) is 6.21. The van der Waals surface area contributed by atoms with E-state index in [1.807, 2.05) is 31.2 Å². The van der Waals surface area contributed by atoms with Gasteiger partial charge in [0.15, 0.2) is 5.17 Å². The second kappa shape index (κ2) is 11.6. The first-order chi connectivity index (χ1) is 19.0. The summed E-state index contributed by atoms with van der Waals surface area (Å²) < 4.78 is 10.5. The fraction of sp³-hybridized carbons (Fsp3) is 0.250. The number of rotatable bonds is 9. The molecule has 0 spiro atoms. The normalized spacial score (nSPS) is 16.5. The van der Waals surface area contributed by atoms with Crippen LogP contribution in [0.5, 0.6) is 5.75 Å². The lowest BCUT2D eigenvalue weighted by molar-refractivity contribution is -0.128. The standard InChI is InChI=1S/C28H27N5O5S/c1-3-23(26(35)30-17-8-6-9-18(14-17)37-2)39-28-32-21-12-5-4-11-20(21)25-31-22(27(36)33(25)28)15-24(34)29-16-19-10-7-13-38-19/h4-14,22-23H,3,15-16H2,1-2H3,(H,29,34)(H,30,35)/t22-,23+/m0/s1. The summed E-state index contributed by atoms with van der Waals surface area (Å²) in [6.07, 6.45) is 1.91. The maximum Gasteiger partial charge on any atom is 0.259 e. The molecule has 2 aliphatic heterocycles. The minimum Gasteiger partial charge on any atom is -0.497 e. The van der Waals surface area contributed by atoms with E-state index >= 15 is 0 Å². The number of hydrogen-bond acceptors (Lipinski definition) is 8. The van der Waals surface area contributed by atoms with E-state index in [1.54, 1.807) is 43.5 Å². The van der Waals surface area contributed by atoms with Gasteiger partial charge in [0, 0.05) is 17.3 Å². The smallest absolute Gasteiger partial charge is 0.259 e. The van der Waals surface area contributed by atoms with Crippen LogP contribution in [-0.4, -0.2) is 52.0 Å². The Hall–Kier alpha value is -4.38. The molecule has 0 fully saturated rings. The summed E-state index contributed by atoms with van der Waals surface area (Å²) in [5.41, 5.74) is 1.95. The minimum atomic E-state index is -0.903. The zero-order valence-corrected chi connectivity index (χ0v) is 22.2. The first-order valence-electron chi connectivity index (χ1n) is 12.5. The molecule has 0 radical (unpaired) electrons. The van der Waals surface area contributed by atoms with Crippen LogP contribution in [0.25, 0.3) is 0 Å². The number of nitrogens with one attached hydrogen (secondary N) is 2. The van der Waals surface area contributed by atoms with Crippen LogP contribution in [0.1, 0.15) is 31.1 Å². The topological polar surface area (TPSA) is 126 Å². The van der Waals surface area contributed by atoms with Crippen LogP contribution in [0.3, 0.4) is 0 Å². The number of hydrogen-bond donors (Lipinski definition) is 2. The van der Waals surface area contributed by atoms with E-state index in [-0.39, 0.29) is 30.7 Å². The van der Waals surface area contributed by atoms with Crippen LogP contribution in [0, 0.1) is 0 Å².